The van der Waals surface area contributed by atoms with E-state index in [-0.39, 0.29) is 35.5 Å². The summed E-state index contributed by atoms with van der Waals surface area (Å²) in [6.45, 7) is 0.682. The summed E-state index contributed by atoms with van der Waals surface area (Å²) in [4.78, 5) is 39.5. The zero-order chi connectivity index (χ0) is 23.9. The van der Waals surface area contributed by atoms with Gasteiger partial charge in [-0.1, -0.05) is 91.0 Å². The Morgan fingerprint density at radius 3 is 1.83 bits per heavy atom. The molecular formula is C27H28N3NaO4. The van der Waals surface area contributed by atoms with Gasteiger partial charge in [0.15, 0.2) is 0 Å². The predicted molar refractivity (Wildman–Crippen MR) is 135 cm³/mol. The van der Waals surface area contributed by atoms with Crippen molar-refractivity contribution in [3.63, 3.8) is 0 Å². The van der Waals surface area contributed by atoms with E-state index < -0.39 is 30.0 Å². The summed E-state index contributed by atoms with van der Waals surface area (Å²) >= 11 is 0. The van der Waals surface area contributed by atoms with Crippen molar-refractivity contribution in [2.24, 2.45) is 0 Å². The topological polar surface area (TPSA) is 98.5 Å². The van der Waals surface area contributed by atoms with E-state index in [2.05, 4.69) is 10.6 Å². The van der Waals surface area contributed by atoms with Crippen molar-refractivity contribution >= 4 is 47.3 Å². The first-order chi connectivity index (χ1) is 16.5. The molecule has 4 atom stereocenters. The molecule has 1 aliphatic heterocycles. The summed E-state index contributed by atoms with van der Waals surface area (Å²) in [5.74, 6) is -1.83. The molecule has 1 aliphatic rings. The van der Waals surface area contributed by atoms with E-state index in [9.17, 15) is 19.5 Å². The average Bonchev–Trinajstić information content (AvgIpc) is 3.58. The van der Waals surface area contributed by atoms with Crippen LogP contribution in [0.2, 0.25) is 0 Å². The molecule has 1 saturated heterocycles. The third-order valence-corrected chi connectivity index (χ3v) is 5.88. The Balaban J connectivity index is 0.00000342. The summed E-state index contributed by atoms with van der Waals surface area (Å²) in [7, 11) is 0. The minimum absolute atomic E-state index is 0. The number of hydrogen-bond donors (Lipinski definition) is 3. The van der Waals surface area contributed by atoms with Crippen LogP contribution in [0, 0.1) is 0 Å². The molecular weight excluding hydrogens is 453 g/mol. The number of carboxylic acid groups (broad SMARTS) is 1. The summed E-state index contributed by atoms with van der Waals surface area (Å²) in [5, 5.41) is 15.3. The average molecular weight is 482 g/mol. The molecule has 1 fully saturated rings. The van der Waals surface area contributed by atoms with Gasteiger partial charge in [-0.25, -0.2) is 0 Å². The van der Waals surface area contributed by atoms with Crippen LogP contribution in [0.25, 0.3) is 0 Å². The summed E-state index contributed by atoms with van der Waals surface area (Å²) < 4.78 is 0. The first kappa shape index (κ1) is 26.6. The zero-order valence-corrected chi connectivity index (χ0v) is 18.6. The molecule has 3 N–H and O–H groups in total. The van der Waals surface area contributed by atoms with Crippen LogP contribution in [-0.4, -0.2) is 75.5 Å². The molecule has 0 bridgehead atoms. The fourth-order valence-electron chi connectivity index (χ4n) is 4.06. The second kappa shape index (κ2) is 12.7. The fourth-order valence-corrected chi connectivity index (χ4v) is 4.06. The first-order valence-electron chi connectivity index (χ1n) is 11.2. The Morgan fingerprint density at radius 2 is 1.29 bits per heavy atom. The van der Waals surface area contributed by atoms with Crippen molar-refractivity contribution < 1.29 is 19.5 Å². The van der Waals surface area contributed by atoms with E-state index in [1.54, 1.807) is 4.90 Å². The third-order valence-electron chi connectivity index (χ3n) is 5.88. The van der Waals surface area contributed by atoms with Crippen molar-refractivity contribution in [3.8, 4) is 0 Å². The van der Waals surface area contributed by atoms with Gasteiger partial charge >= 0.3 is 35.5 Å². The molecule has 2 amide bonds. The number of carbonyl (C=O) groups is 3. The van der Waals surface area contributed by atoms with Gasteiger partial charge < -0.3 is 15.7 Å². The Hall–Kier alpha value is -2.97. The zero-order valence-electron chi connectivity index (χ0n) is 18.6. The molecule has 0 saturated carbocycles. The van der Waals surface area contributed by atoms with Gasteiger partial charge in [0.2, 0.25) is 11.8 Å². The number of nitrogens with zero attached hydrogens (tertiary/aromatic N) is 1. The summed E-state index contributed by atoms with van der Waals surface area (Å²) in [6.07, 6.45) is 0.302. The van der Waals surface area contributed by atoms with E-state index in [0.717, 1.165) is 16.7 Å². The number of hydrogen-bond acceptors (Lipinski definition) is 4. The van der Waals surface area contributed by atoms with Crippen LogP contribution >= 0.6 is 0 Å². The molecule has 1 heterocycles. The molecule has 4 rings (SSSR count). The van der Waals surface area contributed by atoms with Crippen LogP contribution in [0.1, 0.15) is 16.7 Å². The Morgan fingerprint density at radius 1 is 0.771 bits per heavy atom. The predicted octanol–water partition coefficient (Wildman–Crippen LogP) is 1.72. The normalized spacial score (nSPS) is 19.0. The van der Waals surface area contributed by atoms with Crippen LogP contribution in [0.4, 0.5) is 0 Å². The quantitative estimate of drug-likeness (QED) is 0.303. The standard InChI is InChI=1S/C27H27N3O4.Na.H/c31-25(28-17-20-12-6-2-7-13-20)22(16-19-10-4-1-5-11-19)29-26(32)23-24(27(33)34)30(23)18-21-14-8-3-9-15-21;;/h1-15,22-24H,16-18H2,(H,28,31)(H,29,32)(H,33,34);;/t22-,23-,24-,30?;;/m0../s1. The van der Waals surface area contributed by atoms with Crippen LogP contribution in [0.5, 0.6) is 0 Å². The maximum atomic E-state index is 13.1. The number of benzene rings is 3. The number of nitrogens with one attached hydrogen (secondary N) is 2. The van der Waals surface area contributed by atoms with Gasteiger partial charge in [-0.05, 0) is 16.7 Å². The number of rotatable bonds is 10. The molecule has 0 spiro atoms. The van der Waals surface area contributed by atoms with Gasteiger partial charge in [0.1, 0.15) is 18.1 Å². The van der Waals surface area contributed by atoms with Crippen LogP contribution in [0.15, 0.2) is 91.0 Å². The first-order valence-corrected chi connectivity index (χ1v) is 11.2. The molecule has 176 valence electrons. The van der Waals surface area contributed by atoms with Crippen LogP contribution in [0.3, 0.4) is 0 Å². The summed E-state index contributed by atoms with van der Waals surface area (Å²) in [5.41, 5.74) is 2.77. The van der Waals surface area contributed by atoms with Crippen molar-refractivity contribution in [3.05, 3.63) is 108 Å². The third kappa shape index (κ3) is 7.26. The van der Waals surface area contributed by atoms with E-state index in [1.165, 1.54) is 0 Å². The van der Waals surface area contributed by atoms with Crippen molar-refractivity contribution in [1.82, 2.24) is 15.5 Å². The van der Waals surface area contributed by atoms with E-state index in [0.29, 0.717) is 19.5 Å². The van der Waals surface area contributed by atoms with E-state index >= 15 is 0 Å². The number of carbonyl (C=O) groups excluding carboxylic acids is 2. The van der Waals surface area contributed by atoms with Crippen LogP contribution < -0.4 is 10.6 Å². The number of amides is 2. The molecule has 0 radical (unpaired) electrons. The van der Waals surface area contributed by atoms with Crippen molar-refractivity contribution in [2.75, 3.05) is 0 Å². The molecule has 35 heavy (non-hydrogen) atoms. The number of aliphatic carboxylic acids is 1. The van der Waals surface area contributed by atoms with E-state index in [4.69, 9.17) is 0 Å². The Kier molecular flexibility index (Phi) is 9.63. The van der Waals surface area contributed by atoms with Crippen LogP contribution in [-0.2, 0) is 33.9 Å². The monoisotopic (exact) mass is 481 g/mol. The molecule has 3 aromatic rings. The molecule has 0 aromatic heterocycles. The molecule has 3 aromatic carbocycles. The van der Waals surface area contributed by atoms with Gasteiger partial charge in [-0.15, -0.1) is 0 Å². The second-order valence-electron chi connectivity index (χ2n) is 8.34. The molecule has 7 nitrogen and oxygen atoms in total. The Labute approximate surface area is 226 Å². The minimum atomic E-state index is -1.05. The number of carboxylic acids is 1. The van der Waals surface area contributed by atoms with Gasteiger partial charge in [-0.3, -0.25) is 19.3 Å². The Bertz CT molecular complexity index is 1130. The van der Waals surface area contributed by atoms with Gasteiger partial charge in [0.05, 0.1) is 0 Å². The summed E-state index contributed by atoms with van der Waals surface area (Å²) in [6, 6.07) is 25.8. The molecule has 1 unspecified atom stereocenters. The van der Waals surface area contributed by atoms with Gasteiger partial charge in [-0.2, -0.15) is 0 Å². The second-order valence-corrected chi connectivity index (χ2v) is 8.34. The maximum absolute atomic E-state index is 13.1. The van der Waals surface area contributed by atoms with Crippen molar-refractivity contribution in [2.45, 2.75) is 37.6 Å². The van der Waals surface area contributed by atoms with Crippen molar-refractivity contribution in [1.29, 1.82) is 0 Å². The van der Waals surface area contributed by atoms with Gasteiger partial charge in [0.25, 0.3) is 0 Å². The van der Waals surface area contributed by atoms with Gasteiger partial charge in [0, 0.05) is 19.5 Å². The molecule has 8 heteroatoms. The molecule has 0 aliphatic carbocycles. The van der Waals surface area contributed by atoms with E-state index in [1.807, 2.05) is 91.0 Å². The fraction of sp³-hybridized carbons (Fsp3) is 0.222. The SMILES string of the molecule is O=C(NCc1ccccc1)[C@H](Cc1ccccc1)NC(=O)[C@@H]1[C@@H](C(=O)O)N1Cc1ccccc1.[NaH].